The van der Waals surface area contributed by atoms with E-state index in [2.05, 4.69) is 16.6 Å². The van der Waals surface area contributed by atoms with Crippen molar-refractivity contribution in [3.05, 3.63) is 12.2 Å². The molecule has 9 heavy (non-hydrogen) atoms. The van der Waals surface area contributed by atoms with E-state index in [4.69, 9.17) is 11.5 Å². The number of hydrogen-bond acceptors (Lipinski definition) is 4. The normalized spacial score (nSPS) is 18.9. The first kappa shape index (κ1) is 5.81. The molecule has 0 aromatic heterocycles. The van der Waals surface area contributed by atoms with Crippen molar-refractivity contribution < 1.29 is 0 Å². The Hall–Kier alpha value is -1.32. The summed E-state index contributed by atoms with van der Waals surface area (Å²) < 4.78 is 0. The van der Waals surface area contributed by atoms with Gasteiger partial charge >= 0.3 is 0 Å². The second-order valence-electron chi connectivity index (χ2n) is 1.78. The molecule has 0 unspecified atom stereocenters. The van der Waals surface area contributed by atoms with Crippen LogP contribution in [0, 0.1) is 0 Å². The van der Waals surface area contributed by atoms with Crippen molar-refractivity contribution in [1.29, 1.82) is 0 Å². The Morgan fingerprint density at radius 3 is 2.56 bits per heavy atom. The van der Waals surface area contributed by atoms with Crippen LogP contribution in [0.5, 0.6) is 0 Å². The maximum Gasteiger partial charge on any atom is 0.217 e. The number of nitrogens with two attached hydrogens (primary N) is 2. The molecule has 48 valence electrons. The summed E-state index contributed by atoms with van der Waals surface area (Å²) in [5.41, 5.74) is 11.3. The topological polar surface area (TPSA) is 76.8 Å². The highest BCUT2D eigenvalue weighted by Crippen LogP contribution is 1.96. The first-order valence-electron chi connectivity index (χ1n) is 2.52. The number of hydrogen-bond donors (Lipinski definition) is 2. The zero-order chi connectivity index (χ0) is 6.85. The molecule has 0 aromatic carbocycles. The highest BCUT2D eigenvalue weighted by Gasteiger charge is 2.04. The number of guanidine groups is 1. The van der Waals surface area contributed by atoms with Crippen molar-refractivity contribution in [1.82, 2.24) is 0 Å². The van der Waals surface area contributed by atoms with Crippen LogP contribution in [-0.4, -0.2) is 18.3 Å². The number of nitrogens with zero attached hydrogens (tertiary/aromatic N) is 2. The number of amidine groups is 1. The van der Waals surface area contributed by atoms with Crippen molar-refractivity contribution in [3.8, 4) is 0 Å². The van der Waals surface area contributed by atoms with E-state index in [1.165, 1.54) is 0 Å². The molecule has 4 N–H and O–H groups in total. The van der Waals surface area contributed by atoms with Gasteiger partial charge in [-0.3, -0.25) is 0 Å². The molecule has 0 saturated carbocycles. The zero-order valence-electron chi connectivity index (χ0n) is 4.96. The van der Waals surface area contributed by atoms with Crippen molar-refractivity contribution in [3.63, 3.8) is 0 Å². The highest BCUT2D eigenvalue weighted by atomic mass is 15.1. The van der Waals surface area contributed by atoms with Gasteiger partial charge in [-0.05, 0) is 0 Å². The molecule has 0 spiro atoms. The van der Waals surface area contributed by atoms with E-state index in [0.29, 0.717) is 12.4 Å². The molecule has 0 aromatic rings. The molecule has 1 aliphatic heterocycles. The fourth-order valence-corrected chi connectivity index (χ4v) is 0.495. The van der Waals surface area contributed by atoms with Gasteiger partial charge in [0, 0.05) is 5.57 Å². The third-order valence-electron chi connectivity index (χ3n) is 1.03. The fourth-order valence-electron chi connectivity index (χ4n) is 0.495. The summed E-state index contributed by atoms with van der Waals surface area (Å²) in [5, 5.41) is 0. The lowest BCUT2D eigenvalue weighted by molar-refractivity contribution is 1.14. The van der Waals surface area contributed by atoms with Gasteiger partial charge in [0.15, 0.2) is 0 Å². The van der Waals surface area contributed by atoms with Crippen molar-refractivity contribution in [2.24, 2.45) is 21.5 Å². The molecule has 0 bridgehead atoms. The predicted molar refractivity (Wildman–Crippen MR) is 37.3 cm³/mol. The molecule has 1 rings (SSSR count). The fraction of sp³-hybridized carbons (Fsp3) is 0.200. The Kier molecular flexibility index (Phi) is 1.22. The lowest BCUT2D eigenvalue weighted by atomic mass is 10.3. The average Bonchev–Trinajstić information content (AvgIpc) is 1.80. The Morgan fingerprint density at radius 1 is 1.44 bits per heavy atom. The summed E-state index contributed by atoms with van der Waals surface area (Å²) in [4.78, 5) is 7.48. The second-order valence-corrected chi connectivity index (χ2v) is 1.78. The highest BCUT2D eigenvalue weighted by molar-refractivity contribution is 6.06. The van der Waals surface area contributed by atoms with E-state index < -0.39 is 0 Å². The molecular formula is C5H8N4. The summed E-state index contributed by atoms with van der Waals surface area (Å²) in [7, 11) is 0. The second kappa shape index (κ2) is 1.89. The molecule has 0 saturated heterocycles. The van der Waals surface area contributed by atoms with Crippen LogP contribution in [0.2, 0.25) is 0 Å². The van der Waals surface area contributed by atoms with E-state index in [0.717, 1.165) is 5.57 Å². The van der Waals surface area contributed by atoms with Gasteiger partial charge in [0.25, 0.3) is 0 Å². The Bertz CT molecular complexity index is 201. The van der Waals surface area contributed by atoms with Crippen LogP contribution in [0.1, 0.15) is 0 Å². The van der Waals surface area contributed by atoms with Gasteiger partial charge in [-0.15, -0.1) is 0 Å². The van der Waals surface area contributed by atoms with Gasteiger partial charge in [-0.1, -0.05) is 6.58 Å². The Morgan fingerprint density at radius 2 is 2.11 bits per heavy atom. The van der Waals surface area contributed by atoms with Gasteiger partial charge < -0.3 is 11.5 Å². The van der Waals surface area contributed by atoms with Gasteiger partial charge in [-0.2, -0.15) is 4.99 Å². The first-order chi connectivity index (χ1) is 4.20. The van der Waals surface area contributed by atoms with Gasteiger partial charge in [0.1, 0.15) is 5.84 Å². The maximum atomic E-state index is 5.36. The smallest absolute Gasteiger partial charge is 0.217 e. The van der Waals surface area contributed by atoms with E-state index in [9.17, 15) is 0 Å². The minimum absolute atomic E-state index is 0.236. The average molecular weight is 124 g/mol. The molecule has 1 heterocycles. The van der Waals surface area contributed by atoms with E-state index >= 15 is 0 Å². The monoisotopic (exact) mass is 124 g/mol. The molecule has 0 fully saturated rings. The van der Waals surface area contributed by atoms with Crippen molar-refractivity contribution >= 4 is 11.8 Å². The molecule has 1 aliphatic rings. The molecule has 0 radical (unpaired) electrons. The summed E-state index contributed by atoms with van der Waals surface area (Å²) in [6, 6.07) is 0. The van der Waals surface area contributed by atoms with Gasteiger partial charge in [0.2, 0.25) is 5.96 Å². The summed E-state index contributed by atoms with van der Waals surface area (Å²) in [6.07, 6.45) is 0. The van der Waals surface area contributed by atoms with Crippen LogP contribution in [0.3, 0.4) is 0 Å². The van der Waals surface area contributed by atoms with Gasteiger partial charge in [-0.25, -0.2) is 4.99 Å². The van der Waals surface area contributed by atoms with Crippen LogP contribution >= 0.6 is 0 Å². The van der Waals surface area contributed by atoms with Crippen LogP contribution < -0.4 is 11.5 Å². The standard InChI is InChI=1S/C5H8N4/c1-3-2-8-5(7)9-4(3)6/h1-2H2,(H4,6,7,8,9). The SMILES string of the molecule is C=C1CN=C(N)N=C1N. The molecule has 0 aliphatic carbocycles. The van der Waals surface area contributed by atoms with Crippen molar-refractivity contribution in [2.45, 2.75) is 0 Å². The Labute approximate surface area is 53.0 Å². The molecule has 4 heteroatoms. The third kappa shape index (κ3) is 1.07. The first-order valence-corrected chi connectivity index (χ1v) is 2.52. The van der Waals surface area contributed by atoms with Crippen LogP contribution in [0.25, 0.3) is 0 Å². The number of aliphatic imine (C=N–C) groups is 2. The van der Waals surface area contributed by atoms with Gasteiger partial charge in [0.05, 0.1) is 6.54 Å². The summed E-state index contributed by atoms with van der Waals surface area (Å²) in [6.45, 7) is 4.08. The lowest BCUT2D eigenvalue weighted by Gasteiger charge is -2.06. The maximum absolute atomic E-state index is 5.36. The molecular weight excluding hydrogens is 116 g/mol. The van der Waals surface area contributed by atoms with E-state index in [1.54, 1.807) is 0 Å². The van der Waals surface area contributed by atoms with Crippen LogP contribution in [0.4, 0.5) is 0 Å². The molecule has 0 amide bonds. The number of rotatable bonds is 0. The minimum Gasteiger partial charge on any atom is -0.383 e. The summed E-state index contributed by atoms with van der Waals surface area (Å²) in [5.74, 6) is 0.627. The van der Waals surface area contributed by atoms with Crippen LogP contribution in [0.15, 0.2) is 22.1 Å². The van der Waals surface area contributed by atoms with Crippen molar-refractivity contribution in [2.75, 3.05) is 6.54 Å². The van der Waals surface area contributed by atoms with E-state index in [-0.39, 0.29) is 5.96 Å². The third-order valence-corrected chi connectivity index (χ3v) is 1.03. The quantitative estimate of drug-likeness (QED) is 0.444. The molecule has 4 nitrogen and oxygen atoms in total. The largest absolute Gasteiger partial charge is 0.383 e. The predicted octanol–water partition coefficient (Wildman–Crippen LogP) is -0.772. The van der Waals surface area contributed by atoms with E-state index in [1.807, 2.05) is 0 Å². The lowest BCUT2D eigenvalue weighted by Crippen LogP contribution is -2.25. The zero-order valence-corrected chi connectivity index (χ0v) is 4.96. The minimum atomic E-state index is 0.236. The van der Waals surface area contributed by atoms with Crippen LogP contribution in [-0.2, 0) is 0 Å². The summed E-state index contributed by atoms with van der Waals surface area (Å²) >= 11 is 0. The Balaban J connectivity index is 2.87. The molecule has 0 atom stereocenters.